The molecule has 24 heavy (non-hydrogen) atoms. The first-order valence-corrected chi connectivity index (χ1v) is 8.03. The largest absolute Gasteiger partial charge is 0.493 e. The summed E-state index contributed by atoms with van der Waals surface area (Å²) in [5.41, 5.74) is 3.17. The van der Waals surface area contributed by atoms with Gasteiger partial charge >= 0.3 is 5.97 Å². The number of carboxylic acid groups (broad SMARTS) is 1. The fourth-order valence-corrected chi connectivity index (χ4v) is 2.42. The lowest BCUT2D eigenvalue weighted by Crippen LogP contribution is -2.21. The van der Waals surface area contributed by atoms with E-state index in [9.17, 15) is 4.79 Å². The number of carbonyl (C=O) groups is 1. The molecule has 0 aliphatic rings. The highest BCUT2D eigenvalue weighted by atomic mass is 16.5. The maximum atomic E-state index is 10.9. The van der Waals surface area contributed by atoms with Crippen molar-refractivity contribution in [2.75, 3.05) is 20.2 Å². The van der Waals surface area contributed by atoms with Crippen LogP contribution in [0.25, 0.3) is 0 Å². The highest BCUT2D eigenvalue weighted by Crippen LogP contribution is 2.19. The van der Waals surface area contributed by atoms with E-state index in [0.29, 0.717) is 13.2 Å². The Morgan fingerprint density at radius 3 is 2.79 bits per heavy atom. The Balaban J connectivity index is 1.77. The molecule has 0 aliphatic heterocycles. The second-order valence-electron chi connectivity index (χ2n) is 6.03. The summed E-state index contributed by atoms with van der Waals surface area (Å²) < 4.78 is 5.85. The molecule has 0 bridgehead atoms. The Bertz CT molecular complexity index is 701. The van der Waals surface area contributed by atoms with Crippen LogP contribution >= 0.6 is 0 Å². The van der Waals surface area contributed by atoms with Crippen molar-refractivity contribution in [2.24, 2.45) is 0 Å². The molecule has 1 aromatic heterocycles. The SMILES string of the molecule is Cc1ccc(C)c(OCCCN(C)Cc2cccc(C(=O)O)n2)c1. The number of hydrogen-bond donors (Lipinski definition) is 1. The first-order chi connectivity index (χ1) is 11.5. The first-order valence-electron chi connectivity index (χ1n) is 8.03. The topological polar surface area (TPSA) is 62.7 Å². The number of ether oxygens (including phenoxy) is 1. The molecule has 0 spiro atoms. The maximum absolute atomic E-state index is 10.9. The molecule has 0 atom stereocenters. The van der Waals surface area contributed by atoms with E-state index in [4.69, 9.17) is 9.84 Å². The van der Waals surface area contributed by atoms with Gasteiger partial charge in [0, 0.05) is 13.1 Å². The lowest BCUT2D eigenvalue weighted by molar-refractivity contribution is 0.0690. The number of aromatic nitrogens is 1. The first kappa shape index (κ1) is 17.9. The van der Waals surface area contributed by atoms with Gasteiger partial charge in [0.05, 0.1) is 12.3 Å². The van der Waals surface area contributed by atoms with Gasteiger partial charge in [0.2, 0.25) is 0 Å². The van der Waals surface area contributed by atoms with E-state index in [1.807, 2.05) is 20.0 Å². The average molecular weight is 328 g/mol. The van der Waals surface area contributed by atoms with Crippen molar-refractivity contribution in [3.8, 4) is 5.75 Å². The van der Waals surface area contributed by atoms with E-state index < -0.39 is 5.97 Å². The fraction of sp³-hybridized carbons (Fsp3) is 0.368. The summed E-state index contributed by atoms with van der Waals surface area (Å²) in [5.74, 6) is -0.0603. The molecule has 0 amide bonds. The van der Waals surface area contributed by atoms with Crippen molar-refractivity contribution in [2.45, 2.75) is 26.8 Å². The highest BCUT2D eigenvalue weighted by molar-refractivity contribution is 5.85. The van der Waals surface area contributed by atoms with E-state index >= 15 is 0 Å². The average Bonchev–Trinajstić information content (AvgIpc) is 2.55. The lowest BCUT2D eigenvalue weighted by Gasteiger charge is -2.17. The van der Waals surface area contributed by atoms with Gasteiger partial charge in [-0.05, 0) is 56.6 Å². The predicted molar refractivity (Wildman–Crippen MR) is 93.6 cm³/mol. The van der Waals surface area contributed by atoms with Crippen LogP contribution in [0.2, 0.25) is 0 Å². The Morgan fingerprint density at radius 1 is 1.25 bits per heavy atom. The molecule has 0 saturated carbocycles. The van der Waals surface area contributed by atoms with Gasteiger partial charge in [-0.1, -0.05) is 18.2 Å². The number of pyridine rings is 1. The number of rotatable bonds is 8. The summed E-state index contributed by atoms with van der Waals surface area (Å²) in [6.07, 6.45) is 0.891. The molecular formula is C19H24N2O3. The van der Waals surface area contributed by atoms with Crippen molar-refractivity contribution in [3.05, 3.63) is 58.9 Å². The van der Waals surface area contributed by atoms with E-state index in [1.165, 1.54) is 11.6 Å². The molecule has 1 N–H and O–H groups in total. The Hall–Kier alpha value is -2.40. The molecule has 0 fully saturated rings. The van der Waals surface area contributed by atoms with E-state index in [-0.39, 0.29) is 5.69 Å². The molecule has 5 nitrogen and oxygen atoms in total. The van der Waals surface area contributed by atoms with Gasteiger partial charge in [0.1, 0.15) is 11.4 Å². The van der Waals surface area contributed by atoms with Crippen LogP contribution in [-0.2, 0) is 6.54 Å². The monoisotopic (exact) mass is 328 g/mol. The van der Waals surface area contributed by atoms with Crippen molar-refractivity contribution < 1.29 is 14.6 Å². The molecule has 0 unspecified atom stereocenters. The van der Waals surface area contributed by atoms with Crippen molar-refractivity contribution in [1.29, 1.82) is 0 Å². The van der Waals surface area contributed by atoms with Gasteiger partial charge < -0.3 is 14.7 Å². The molecule has 2 aromatic rings. The highest BCUT2D eigenvalue weighted by Gasteiger charge is 2.07. The Morgan fingerprint density at radius 2 is 2.04 bits per heavy atom. The lowest BCUT2D eigenvalue weighted by atomic mass is 10.1. The molecule has 0 aliphatic carbocycles. The minimum Gasteiger partial charge on any atom is -0.493 e. The van der Waals surface area contributed by atoms with Gasteiger partial charge in [-0.2, -0.15) is 0 Å². The van der Waals surface area contributed by atoms with Crippen molar-refractivity contribution in [3.63, 3.8) is 0 Å². The second-order valence-corrected chi connectivity index (χ2v) is 6.03. The van der Waals surface area contributed by atoms with Crippen LogP contribution < -0.4 is 4.74 Å². The second kappa shape index (κ2) is 8.45. The zero-order chi connectivity index (χ0) is 17.5. The van der Waals surface area contributed by atoms with Gasteiger partial charge in [0.25, 0.3) is 0 Å². The molecule has 0 radical (unpaired) electrons. The number of carboxylic acids is 1. The summed E-state index contributed by atoms with van der Waals surface area (Å²) in [4.78, 5) is 17.2. The standard InChI is InChI=1S/C19H24N2O3/c1-14-8-9-15(2)18(12-14)24-11-5-10-21(3)13-16-6-4-7-17(20-16)19(22)23/h4,6-9,12H,5,10-11,13H2,1-3H3,(H,22,23). The number of hydrogen-bond acceptors (Lipinski definition) is 4. The fourth-order valence-electron chi connectivity index (χ4n) is 2.42. The zero-order valence-electron chi connectivity index (χ0n) is 14.5. The minimum atomic E-state index is -0.999. The van der Waals surface area contributed by atoms with Crippen LogP contribution in [0.3, 0.4) is 0 Å². The third kappa shape index (κ3) is 5.35. The number of benzene rings is 1. The maximum Gasteiger partial charge on any atom is 0.354 e. The van der Waals surface area contributed by atoms with Gasteiger partial charge in [-0.15, -0.1) is 0 Å². The smallest absolute Gasteiger partial charge is 0.354 e. The Labute approximate surface area is 142 Å². The van der Waals surface area contributed by atoms with Crippen molar-refractivity contribution in [1.82, 2.24) is 9.88 Å². The minimum absolute atomic E-state index is 0.0826. The summed E-state index contributed by atoms with van der Waals surface area (Å²) in [6, 6.07) is 11.3. The van der Waals surface area contributed by atoms with E-state index in [0.717, 1.165) is 30.0 Å². The number of aromatic carboxylic acids is 1. The van der Waals surface area contributed by atoms with Crippen molar-refractivity contribution >= 4 is 5.97 Å². The van der Waals surface area contributed by atoms with Crippen LogP contribution in [0.15, 0.2) is 36.4 Å². The molecule has 5 heteroatoms. The molecule has 1 aromatic carbocycles. The van der Waals surface area contributed by atoms with Crippen LogP contribution in [-0.4, -0.2) is 41.2 Å². The molecule has 0 saturated heterocycles. The molecule has 128 valence electrons. The predicted octanol–water partition coefficient (Wildman–Crippen LogP) is 3.30. The number of aryl methyl sites for hydroxylation is 2. The zero-order valence-corrected chi connectivity index (χ0v) is 14.5. The van der Waals surface area contributed by atoms with Gasteiger partial charge in [-0.25, -0.2) is 9.78 Å². The summed E-state index contributed by atoms with van der Waals surface area (Å²) in [5, 5.41) is 8.97. The number of nitrogens with zero attached hydrogens (tertiary/aromatic N) is 2. The quantitative estimate of drug-likeness (QED) is 0.753. The third-order valence-corrected chi connectivity index (χ3v) is 3.74. The molecule has 1 heterocycles. The van der Waals surface area contributed by atoms with Crippen LogP contribution in [0.4, 0.5) is 0 Å². The van der Waals surface area contributed by atoms with Crippen LogP contribution in [0.5, 0.6) is 5.75 Å². The Kier molecular flexibility index (Phi) is 6.32. The van der Waals surface area contributed by atoms with E-state index in [2.05, 4.69) is 35.0 Å². The normalized spacial score (nSPS) is 10.8. The van der Waals surface area contributed by atoms with E-state index in [1.54, 1.807) is 6.07 Å². The summed E-state index contributed by atoms with van der Waals surface area (Å²) in [6.45, 7) is 6.21. The third-order valence-electron chi connectivity index (χ3n) is 3.74. The van der Waals surface area contributed by atoms with Gasteiger partial charge in [0.15, 0.2) is 0 Å². The summed E-state index contributed by atoms with van der Waals surface area (Å²) >= 11 is 0. The molecule has 2 rings (SSSR count). The molecular weight excluding hydrogens is 304 g/mol. The van der Waals surface area contributed by atoms with Crippen LogP contribution in [0, 0.1) is 13.8 Å². The van der Waals surface area contributed by atoms with Gasteiger partial charge in [-0.3, -0.25) is 0 Å². The summed E-state index contributed by atoms with van der Waals surface area (Å²) in [7, 11) is 1.99. The van der Waals surface area contributed by atoms with Crippen LogP contribution in [0.1, 0.15) is 33.7 Å².